The average molecular weight is 544 g/mol. The summed E-state index contributed by atoms with van der Waals surface area (Å²) in [5, 5.41) is 0.931. The molecule has 4 rings (SSSR count). The van der Waals surface area contributed by atoms with Gasteiger partial charge in [-0.1, -0.05) is 94.6 Å². The number of hydrogen-bond donors (Lipinski definition) is 0. The molecule has 0 aliphatic heterocycles. The molecule has 2 aromatic carbocycles. The lowest BCUT2D eigenvalue weighted by Crippen LogP contribution is -2.02. The third-order valence-corrected chi connectivity index (χ3v) is 7.32. The standard InChI is InChI=1S/C11H7Cl2NO2S.C11H7Cl2NS/c12-10-6-9(7-11(13)14-10)17(15,16)8-4-2-1-3-5-8;12-10-6-9(7-11(13)14-10)15-8-4-2-1-3-5-8/h1-7H;1-7H. The summed E-state index contributed by atoms with van der Waals surface area (Å²) in [6.45, 7) is 0. The molecular formula is C22H14Cl4N2O2S2. The van der Waals surface area contributed by atoms with Gasteiger partial charge < -0.3 is 0 Å². The highest BCUT2D eigenvalue weighted by Crippen LogP contribution is 2.30. The lowest BCUT2D eigenvalue weighted by molar-refractivity contribution is 0.596. The van der Waals surface area contributed by atoms with E-state index < -0.39 is 9.84 Å². The van der Waals surface area contributed by atoms with Crippen LogP contribution in [0, 0.1) is 0 Å². The normalized spacial score (nSPS) is 10.9. The van der Waals surface area contributed by atoms with E-state index in [1.807, 2.05) is 30.3 Å². The highest BCUT2D eigenvalue weighted by atomic mass is 35.5. The van der Waals surface area contributed by atoms with Crippen molar-refractivity contribution in [2.45, 2.75) is 19.6 Å². The maximum Gasteiger partial charge on any atom is 0.206 e. The van der Waals surface area contributed by atoms with Crippen LogP contribution < -0.4 is 0 Å². The predicted molar refractivity (Wildman–Crippen MR) is 131 cm³/mol. The number of benzene rings is 2. The van der Waals surface area contributed by atoms with Gasteiger partial charge in [0, 0.05) is 9.79 Å². The second kappa shape index (κ2) is 11.4. The first kappa shape index (κ1) is 24.8. The minimum atomic E-state index is -3.59. The number of hydrogen-bond acceptors (Lipinski definition) is 5. The summed E-state index contributed by atoms with van der Waals surface area (Å²) in [6.07, 6.45) is 0. The van der Waals surface area contributed by atoms with Gasteiger partial charge in [-0.05, 0) is 48.5 Å². The van der Waals surface area contributed by atoms with Crippen molar-refractivity contribution in [2.24, 2.45) is 0 Å². The fraction of sp³-hybridized carbons (Fsp3) is 0. The average Bonchev–Trinajstić information content (AvgIpc) is 2.74. The van der Waals surface area contributed by atoms with Crippen molar-refractivity contribution in [1.82, 2.24) is 9.97 Å². The number of halogens is 4. The van der Waals surface area contributed by atoms with Gasteiger partial charge >= 0.3 is 0 Å². The van der Waals surface area contributed by atoms with Crippen molar-refractivity contribution >= 4 is 68.0 Å². The highest BCUT2D eigenvalue weighted by molar-refractivity contribution is 7.99. The van der Waals surface area contributed by atoms with E-state index in [1.54, 1.807) is 42.1 Å². The van der Waals surface area contributed by atoms with Crippen LogP contribution >= 0.6 is 58.2 Å². The van der Waals surface area contributed by atoms with Crippen LogP contribution in [-0.2, 0) is 9.84 Å². The second-order valence-corrected chi connectivity index (χ2v) is 10.8. The van der Waals surface area contributed by atoms with Gasteiger partial charge in [-0.25, -0.2) is 18.4 Å². The zero-order valence-electron chi connectivity index (χ0n) is 16.1. The minimum absolute atomic E-state index is 0.0358. The van der Waals surface area contributed by atoms with E-state index in [0.717, 1.165) is 9.79 Å². The van der Waals surface area contributed by atoms with Gasteiger partial charge in [-0.3, -0.25) is 0 Å². The van der Waals surface area contributed by atoms with Crippen molar-refractivity contribution < 1.29 is 8.42 Å². The van der Waals surface area contributed by atoms with E-state index in [-0.39, 0.29) is 20.1 Å². The fourth-order valence-corrected chi connectivity index (χ4v) is 5.87. The van der Waals surface area contributed by atoms with Gasteiger partial charge in [0.15, 0.2) is 0 Å². The molecule has 0 radical (unpaired) electrons. The third-order valence-electron chi connectivity index (χ3n) is 3.82. The monoisotopic (exact) mass is 542 g/mol. The van der Waals surface area contributed by atoms with Crippen molar-refractivity contribution in [2.75, 3.05) is 0 Å². The van der Waals surface area contributed by atoms with Gasteiger partial charge in [-0.2, -0.15) is 0 Å². The molecule has 32 heavy (non-hydrogen) atoms. The Kier molecular flexibility index (Phi) is 8.82. The Bertz CT molecular complexity index is 1270. The van der Waals surface area contributed by atoms with Crippen LogP contribution in [0.15, 0.2) is 105 Å². The second-order valence-electron chi connectivity index (χ2n) is 6.13. The Hall–Kier alpha value is -1.80. The van der Waals surface area contributed by atoms with Gasteiger partial charge in [0.25, 0.3) is 0 Å². The number of nitrogens with zero attached hydrogens (tertiary/aromatic N) is 2. The quantitative estimate of drug-likeness (QED) is 0.246. The first-order chi connectivity index (χ1) is 15.2. The summed E-state index contributed by atoms with van der Waals surface area (Å²) < 4.78 is 24.4. The van der Waals surface area contributed by atoms with Gasteiger partial charge in [0.05, 0.1) is 9.79 Å². The topological polar surface area (TPSA) is 59.9 Å². The summed E-state index contributed by atoms with van der Waals surface area (Å²) in [5.74, 6) is 0. The Morgan fingerprint density at radius 3 is 1.50 bits per heavy atom. The molecule has 0 saturated heterocycles. The number of sulfone groups is 1. The molecule has 10 heteroatoms. The van der Waals surface area contributed by atoms with E-state index in [0.29, 0.717) is 10.3 Å². The molecule has 0 aliphatic carbocycles. The largest absolute Gasteiger partial charge is 0.224 e. The van der Waals surface area contributed by atoms with Crippen LogP contribution in [0.4, 0.5) is 0 Å². The molecule has 0 atom stereocenters. The molecule has 2 aromatic heterocycles. The Labute approximate surface area is 210 Å². The van der Waals surface area contributed by atoms with Crippen LogP contribution in [0.2, 0.25) is 20.6 Å². The lowest BCUT2D eigenvalue weighted by atomic mass is 10.4. The summed E-state index contributed by atoms with van der Waals surface area (Å²) >= 11 is 24.6. The molecule has 2 heterocycles. The van der Waals surface area contributed by atoms with Crippen molar-refractivity contribution in [3.63, 3.8) is 0 Å². The molecule has 164 valence electrons. The van der Waals surface area contributed by atoms with Gasteiger partial charge in [0.2, 0.25) is 9.84 Å². The third kappa shape index (κ3) is 7.10. The van der Waals surface area contributed by atoms with Crippen LogP contribution in [0.3, 0.4) is 0 Å². The van der Waals surface area contributed by atoms with E-state index in [9.17, 15) is 8.42 Å². The molecule has 0 saturated carbocycles. The molecule has 0 amide bonds. The molecule has 0 unspecified atom stereocenters. The van der Waals surface area contributed by atoms with E-state index in [1.165, 1.54) is 24.3 Å². The number of rotatable bonds is 4. The van der Waals surface area contributed by atoms with Crippen molar-refractivity contribution in [3.8, 4) is 0 Å². The minimum Gasteiger partial charge on any atom is -0.224 e. The van der Waals surface area contributed by atoms with Crippen LogP contribution in [0.1, 0.15) is 0 Å². The molecule has 0 N–H and O–H groups in total. The zero-order valence-corrected chi connectivity index (χ0v) is 20.8. The first-order valence-corrected chi connectivity index (χ1v) is 12.7. The molecule has 0 bridgehead atoms. The molecule has 0 spiro atoms. The van der Waals surface area contributed by atoms with Crippen molar-refractivity contribution in [1.29, 1.82) is 0 Å². The Morgan fingerprint density at radius 2 is 1.00 bits per heavy atom. The number of pyridine rings is 2. The molecule has 4 aromatic rings. The zero-order chi connectivity index (χ0) is 23.1. The lowest BCUT2D eigenvalue weighted by Gasteiger charge is -2.04. The molecule has 0 fully saturated rings. The van der Waals surface area contributed by atoms with Gasteiger partial charge in [-0.15, -0.1) is 0 Å². The van der Waals surface area contributed by atoms with Crippen LogP contribution in [0.5, 0.6) is 0 Å². The fourth-order valence-electron chi connectivity index (χ4n) is 2.46. The molecular weight excluding hydrogens is 530 g/mol. The maximum absolute atomic E-state index is 12.2. The summed E-state index contributed by atoms with van der Waals surface area (Å²) in [4.78, 5) is 9.97. The van der Waals surface area contributed by atoms with Crippen LogP contribution in [-0.4, -0.2) is 18.4 Å². The number of aromatic nitrogens is 2. The molecule has 4 nitrogen and oxygen atoms in total. The Balaban J connectivity index is 0.000000182. The highest BCUT2D eigenvalue weighted by Gasteiger charge is 2.18. The van der Waals surface area contributed by atoms with E-state index in [2.05, 4.69) is 9.97 Å². The van der Waals surface area contributed by atoms with Crippen LogP contribution in [0.25, 0.3) is 0 Å². The molecule has 0 aliphatic rings. The summed E-state index contributed by atoms with van der Waals surface area (Å²) in [5.41, 5.74) is 0. The first-order valence-electron chi connectivity index (χ1n) is 8.93. The summed E-state index contributed by atoms with van der Waals surface area (Å²) in [7, 11) is -3.59. The SMILES string of the molecule is Clc1cc(Sc2ccccc2)cc(Cl)n1.O=S(=O)(c1ccccc1)c1cc(Cl)nc(Cl)c1. The van der Waals surface area contributed by atoms with E-state index >= 15 is 0 Å². The van der Waals surface area contributed by atoms with Crippen molar-refractivity contribution in [3.05, 3.63) is 106 Å². The predicted octanol–water partition coefficient (Wildman–Crippen LogP) is 7.76. The Morgan fingerprint density at radius 1 is 0.562 bits per heavy atom. The van der Waals surface area contributed by atoms with Gasteiger partial charge in [0.1, 0.15) is 20.6 Å². The summed E-state index contributed by atoms with van der Waals surface area (Å²) in [6, 6.07) is 24.2. The smallest absolute Gasteiger partial charge is 0.206 e. The maximum atomic E-state index is 12.2. The van der Waals surface area contributed by atoms with E-state index in [4.69, 9.17) is 46.4 Å².